The zero-order valence-electron chi connectivity index (χ0n) is 8.07. The molecule has 0 bridgehead atoms. The first-order chi connectivity index (χ1) is 7.06. The van der Waals surface area contributed by atoms with E-state index in [1.807, 2.05) is 6.07 Å². The summed E-state index contributed by atoms with van der Waals surface area (Å²) in [5.41, 5.74) is 0.191. The molecule has 0 unspecified atom stereocenters. The van der Waals surface area contributed by atoms with Crippen LogP contribution in [-0.4, -0.2) is 29.5 Å². The van der Waals surface area contributed by atoms with E-state index in [1.54, 1.807) is 6.07 Å². The maximum Gasteiger partial charge on any atom is 0.258 e. The number of benzene rings is 1. The third-order valence-electron chi connectivity index (χ3n) is 1.84. The Labute approximate surface area is 95.9 Å². The fraction of sp³-hybridized carbons (Fsp3) is 0.200. The van der Waals surface area contributed by atoms with Crippen molar-refractivity contribution in [2.24, 2.45) is 0 Å². The Hall–Kier alpha value is -1.54. The van der Waals surface area contributed by atoms with Crippen molar-refractivity contribution in [2.45, 2.75) is 0 Å². The van der Waals surface area contributed by atoms with E-state index in [9.17, 15) is 9.90 Å². The minimum atomic E-state index is -0.374. The molecule has 1 N–H and O–H groups in total. The number of nitrogens with zero attached hydrogens (tertiary/aromatic N) is 2. The summed E-state index contributed by atoms with van der Waals surface area (Å²) in [6.07, 6.45) is 0. The van der Waals surface area contributed by atoms with Crippen molar-refractivity contribution in [3.05, 3.63) is 28.2 Å². The van der Waals surface area contributed by atoms with Crippen molar-refractivity contribution in [1.82, 2.24) is 4.90 Å². The van der Waals surface area contributed by atoms with E-state index in [0.717, 1.165) is 0 Å². The van der Waals surface area contributed by atoms with Crippen molar-refractivity contribution in [3.8, 4) is 11.8 Å². The smallest absolute Gasteiger partial charge is 0.258 e. The molecule has 1 rings (SSSR count). The standard InChI is InChI=1S/C10H9BrN2O2/c1-13(5-4-12)10(15)8-3-2-7(11)6-9(8)14/h2-3,6,14H,5H2,1H3. The van der Waals surface area contributed by atoms with Gasteiger partial charge in [0.1, 0.15) is 12.3 Å². The summed E-state index contributed by atoms with van der Waals surface area (Å²) >= 11 is 3.18. The second kappa shape index (κ2) is 4.80. The van der Waals surface area contributed by atoms with E-state index in [2.05, 4.69) is 15.9 Å². The van der Waals surface area contributed by atoms with Crippen LogP contribution in [0.15, 0.2) is 22.7 Å². The fourth-order valence-electron chi connectivity index (χ4n) is 1.07. The molecule has 78 valence electrons. The van der Waals surface area contributed by atoms with Crippen LogP contribution in [0.5, 0.6) is 5.75 Å². The van der Waals surface area contributed by atoms with Crippen LogP contribution in [0, 0.1) is 11.3 Å². The van der Waals surface area contributed by atoms with Crippen LogP contribution < -0.4 is 0 Å². The maximum atomic E-state index is 11.7. The number of hydrogen-bond acceptors (Lipinski definition) is 3. The van der Waals surface area contributed by atoms with Crippen LogP contribution in [0.25, 0.3) is 0 Å². The molecule has 0 aromatic heterocycles. The van der Waals surface area contributed by atoms with E-state index in [-0.39, 0.29) is 23.8 Å². The van der Waals surface area contributed by atoms with Crippen LogP contribution >= 0.6 is 15.9 Å². The Morgan fingerprint density at radius 2 is 2.33 bits per heavy atom. The van der Waals surface area contributed by atoms with Gasteiger partial charge in [-0.1, -0.05) is 15.9 Å². The number of aromatic hydroxyl groups is 1. The Morgan fingerprint density at radius 3 is 2.87 bits per heavy atom. The van der Waals surface area contributed by atoms with Gasteiger partial charge in [0.2, 0.25) is 0 Å². The number of halogens is 1. The third-order valence-corrected chi connectivity index (χ3v) is 2.34. The first-order valence-electron chi connectivity index (χ1n) is 4.17. The third kappa shape index (κ3) is 2.70. The average molecular weight is 269 g/mol. The summed E-state index contributed by atoms with van der Waals surface area (Å²) in [7, 11) is 1.51. The Bertz CT molecular complexity index is 426. The van der Waals surface area contributed by atoms with Gasteiger partial charge in [-0.25, -0.2) is 0 Å². The van der Waals surface area contributed by atoms with Gasteiger partial charge in [0, 0.05) is 11.5 Å². The summed E-state index contributed by atoms with van der Waals surface area (Å²) in [5.74, 6) is -0.472. The number of nitriles is 1. The molecule has 1 aromatic carbocycles. The van der Waals surface area contributed by atoms with Crippen LogP contribution in [-0.2, 0) is 0 Å². The van der Waals surface area contributed by atoms with Crippen molar-refractivity contribution >= 4 is 21.8 Å². The van der Waals surface area contributed by atoms with E-state index in [0.29, 0.717) is 4.47 Å². The van der Waals surface area contributed by atoms with Crippen LogP contribution in [0.4, 0.5) is 0 Å². The van der Waals surface area contributed by atoms with E-state index in [1.165, 1.54) is 24.1 Å². The molecule has 0 radical (unpaired) electrons. The van der Waals surface area contributed by atoms with Gasteiger partial charge in [0.05, 0.1) is 11.6 Å². The van der Waals surface area contributed by atoms with Crippen LogP contribution in [0.3, 0.4) is 0 Å². The number of phenols is 1. The molecule has 0 spiro atoms. The number of carbonyl (C=O) groups excluding carboxylic acids is 1. The molecular weight excluding hydrogens is 260 g/mol. The molecule has 0 fully saturated rings. The highest BCUT2D eigenvalue weighted by atomic mass is 79.9. The topological polar surface area (TPSA) is 64.3 Å². The minimum Gasteiger partial charge on any atom is -0.507 e. The molecule has 15 heavy (non-hydrogen) atoms. The number of rotatable bonds is 2. The summed E-state index contributed by atoms with van der Waals surface area (Å²) in [6, 6.07) is 6.47. The average Bonchev–Trinajstić information content (AvgIpc) is 2.17. The number of hydrogen-bond donors (Lipinski definition) is 1. The maximum absolute atomic E-state index is 11.7. The first kappa shape index (κ1) is 11.5. The summed E-state index contributed by atoms with van der Waals surface area (Å²) in [4.78, 5) is 12.9. The molecule has 0 aliphatic rings. The highest BCUT2D eigenvalue weighted by molar-refractivity contribution is 9.10. The van der Waals surface area contributed by atoms with E-state index in [4.69, 9.17) is 5.26 Å². The van der Waals surface area contributed by atoms with Crippen LogP contribution in [0.1, 0.15) is 10.4 Å². The largest absolute Gasteiger partial charge is 0.507 e. The second-order valence-corrected chi connectivity index (χ2v) is 3.90. The lowest BCUT2D eigenvalue weighted by Crippen LogP contribution is -2.26. The molecule has 1 aromatic rings. The Morgan fingerprint density at radius 1 is 1.67 bits per heavy atom. The highest BCUT2D eigenvalue weighted by Gasteiger charge is 2.15. The first-order valence-corrected chi connectivity index (χ1v) is 4.96. The van der Waals surface area contributed by atoms with E-state index < -0.39 is 0 Å². The molecule has 0 saturated heterocycles. The molecule has 0 aliphatic carbocycles. The van der Waals surface area contributed by atoms with Gasteiger partial charge < -0.3 is 10.0 Å². The predicted octanol–water partition coefficient (Wildman–Crippen LogP) is 1.75. The van der Waals surface area contributed by atoms with Gasteiger partial charge in [-0.15, -0.1) is 0 Å². The van der Waals surface area contributed by atoms with Gasteiger partial charge in [-0.3, -0.25) is 4.79 Å². The Balaban J connectivity index is 2.97. The molecule has 0 saturated carbocycles. The molecule has 1 amide bonds. The molecule has 0 atom stereocenters. The monoisotopic (exact) mass is 268 g/mol. The quantitative estimate of drug-likeness (QED) is 0.832. The molecular formula is C10H9BrN2O2. The molecule has 0 aliphatic heterocycles. The molecule has 5 heteroatoms. The summed E-state index contributed by atoms with van der Waals surface area (Å²) in [5, 5.41) is 18.0. The molecule has 0 heterocycles. The highest BCUT2D eigenvalue weighted by Crippen LogP contribution is 2.23. The predicted molar refractivity (Wildman–Crippen MR) is 58.4 cm³/mol. The van der Waals surface area contributed by atoms with Gasteiger partial charge in [-0.2, -0.15) is 5.26 Å². The minimum absolute atomic E-state index is 0.00562. The van der Waals surface area contributed by atoms with Gasteiger partial charge in [0.15, 0.2) is 0 Å². The SMILES string of the molecule is CN(CC#N)C(=O)c1ccc(Br)cc1O. The van der Waals surface area contributed by atoms with Crippen molar-refractivity contribution in [2.75, 3.05) is 13.6 Å². The fourth-order valence-corrected chi connectivity index (χ4v) is 1.42. The number of phenolic OH excluding ortho intramolecular Hbond substituents is 1. The normalized spacial score (nSPS) is 9.40. The van der Waals surface area contributed by atoms with Crippen molar-refractivity contribution in [3.63, 3.8) is 0 Å². The lowest BCUT2D eigenvalue weighted by atomic mass is 10.2. The lowest BCUT2D eigenvalue weighted by Gasteiger charge is -2.13. The number of amides is 1. The summed E-state index contributed by atoms with van der Waals surface area (Å²) in [6.45, 7) is -0.00562. The zero-order valence-corrected chi connectivity index (χ0v) is 9.65. The van der Waals surface area contributed by atoms with E-state index >= 15 is 0 Å². The molecule has 4 nitrogen and oxygen atoms in total. The van der Waals surface area contributed by atoms with Gasteiger partial charge in [-0.05, 0) is 18.2 Å². The van der Waals surface area contributed by atoms with Gasteiger partial charge >= 0.3 is 0 Å². The van der Waals surface area contributed by atoms with Crippen LogP contribution in [0.2, 0.25) is 0 Å². The van der Waals surface area contributed by atoms with Crippen molar-refractivity contribution < 1.29 is 9.90 Å². The van der Waals surface area contributed by atoms with Crippen molar-refractivity contribution in [1.29, 1.82) is 5.26 Å². The Kier molecular flexibility index (Phi) is 3.69. The second-order valence-electron chi connectivity index (χ2n) is 2.98. The summed E-state index contributed by atoms with van der Waals surface area (Å²) < 4.78 is 0.694. The zero-order chi connectivity index (χ0) is 11.4. The van der Waals surface area contributed by atoms with Gasteiger partial charge in [0.25, 0.3) is 5.91 Å². The number of carbonyl (C=O) groups is 1. The lowest BCUT2D eigenvalue weighted by molar-refractivity contribution is 0.0809.